The zero-order valence-corrected chi connectivity index (χ0v) is 10.4. The lowest BCUT2D eigenvalue weighted by Gasteiger charge is -2.18. The van der Waals surface area contributed by atoms with Crippen molar-refractivity contribution in [1.29, 1.82) is 0 Å². The third kappa shape index (κ3) is 2.65. The van der Waals surface area contributed by atoms with Crippen LogP contribution in [0.15, 0.2) is 59.1 Å². The van der Waals surface area contributed by atoms with Crippen LogP contribution in [0, 0.1) is 0 Å². The second-order valence-corrected chi connectivity index (χ2v) is 4.33. The Morgan fingerprint density at radius 1 is 0.941 bits per heavy atom. The van der Waals surface area contributed by atoms with Crippen LogP contribution in [-0.4, -0.2) is 6.09 Å². The number of carbonyl (C=O) groups excluding carboxylic acids is 1. The number of hydrogen-bond acceptors (Lipinski definition) is 1. The molecule has 0 aliphatic heterocycles. The highest BCUT2D eigenvalue weighted by Gasteiger charge is 2.18. The molecule has 0 N–H and O–H groups in total. The number of nitrogens with zero attached hydrogens (tertiary/aromatic N) is 1. The number of rotatable bonds is 2. The molecule has 0 fully saturated rings. The minimum absolute atomic E-state index is 0.547. The maximum atomic E-state index is 11.2. The van der Waals surface area contributed by atoms with Crippen molar-refractivity contribution < 1.29 is 9.90 Å². The summed E-state index contributed by atoms with van der Waals surface area (Å²) in [6, 6.07) is 15.9. The predicted molar refractivity (Wildman–Crippen MR) is 68.8 cm³/mol. The monoisotopic (exact) mass is 290 g/mol. The molecule has 0 saturated carbocycles. The molecule has 2 rings (SSSR count). The number of halogens is 1. The van der Waals surface area contributed by atoms with E-state index in [4.69, 9.17) is 0 Å². The topological polar surface area (TPSA) is 40.2 Å². The second-order valence-electron chi connectivity index (χ2n) is 3.42. The van der Waals surface area contributed by atoms with Crippen LogP contribution in [0.25, 0.3) is 0 Å². The lowest BCUT2D eigenvalue weighted by molar-refractivity contribution is 0.179. The SMILES string of the molecule is [O]C(=O)N(c1ccccc1)c1cccc(Br)c1. The van der Waals surface area contributed by atoms with Gasteiger partial charge in [0.25, 0.3) is 0 Å². The summed E-state index contributed by atoms with van der Waals surface area (Å²) in [5, 5.41) is 11.2. The van der Waals surface area contributed by atoms with Gasteiger partial charge in [-0.1, -0.05) is 40.2 Å². The van der Waals surface area contributed by atoms with Crippen LogP contribution in [-0.2, 0) is 5.11 Å². The molecule has 0 atom stereocenters. The number of carbonyl (C=O) groups is 1. The third-order valence-corrected chi connectivity index (χ3v) is 2.76. The van der Waals surface area contributed by atoms with Crippen LogP contribution in [0.4, 0.5) is 16.2 Å². The van der Waals surface area contributed by atoms with E-state index in [9.17, 15) is 9.90 Å². The maximum absolute atomic E-state index is 11.2. The fourth-order valence-corrected chi connectivity index (χ4v) is 1.94. The van der Waals surface area contributed by atoms with Gasteiger partial charge in [0.05, 0.1) is 11.4 Å². The molecule has 0 unspecified atom stereocenters. The van der Waals surface area contributed by atoms with Gasteiger partial charge in [0.2, 0.25) is 0 Å². The van der Waals surface area contributed by atoms with Crippen LogP contribution >= 0.6 is 15.9 Å². The summed E-state index contributed by atoms with van der Waals surface area (Å²) in [7, 11) is 0. The Labute approximate surface area is 107 Å². The summed E-state index contributed by atoms with van der Waals surface area (Å²) in [4.78, 5) is 12.3. The Kier molecular flexibility index (Phi) is 3.44. The van der Waals surface area contributed by atoms with E-state index in [1.807, 2.05) is 12.1 Å². The van der Waals surface area contributed by atoms with E-state index in [2.05, 4.69) is 15.9 Å². The molecule has 0 bridgehead atoms. The lowest BCUT2D eigenvalue weighted by atomic mass is 10.2. The average molecular weight is 291 g/mol. The Morgan fingerprint density at radius 2 is 1.59 bits per heavy atom. The van der Waals surface area contributed by atoms with E-state index in [-0.39, 0.29) is 0 Å². The number of hydrogen-bond donors (Lipinski definition) is 0. The summed E-state index contributed by atoms with van der Waals surface area (Å²) in [6.45, 7) is 0. The first-order valence-electron chi connectivity index (χ1n) is 5.00. The Hall–Kier alpha value is -1.81. The van der Waals surface area contributed by atoms with Crippen molar-refractivity contribution in [1.82, 2.24) is 0 Å². The van der Waals surface area contributed by atoms with Gasteiger partial charge in [-0.3, -0.25) is 0 Å². The fraction of sp³-hybridized carbons (Fsp3) is 0. The highest BCUT2D eigenvalue weighted by molar-refractivity contribution is 9.10. The summed E-state index contributed by atoms with van der Waals surface area (Å²) >= 11 is 3.31. The summed E-state index contributed by atoms with van der Waals surface area (Å²) in [6.07, 6.45) is -1.26. The lowest BCUT2D eigenvalue weighted by Crippen LogP contribution is -2.22. The van der Waals surface area contributed by atoms with E-state index in [0.717, 1.165) is 9.37 Å². The van der Waals surface area contributed by atoms with Crippen molar-refractivity contribution in [3.05, 3.63) is 59.1 Å². The van der Waals surface area contributed by atoms with E-state index in [1.54, 1.807) is 42.5 Å². The Balaban J connectivity index is 2.47. The molecule has 3 nitrogen and oxygen atoms in total. The van der Waals surface area contributed by atoms with Gasteiger partial charge in [-0.2, -0.15) is 0 Å². The van der Waals surface area contributed by atoms with Crippen LogP contribution in [0.2, 0.25) is 0 Å². The minimum Gasteiger partial charge on any atom is -0.243 e. The number of benzene rings is 2. The molecule has 0 heterocycles. The maximum Gasteiger partial charge on any atom is 0.462 e. The second kappa shape index (κ2) is 5.01. The molecular weight excluding hydrogens is 282 g/mol. The molecule has 2 aromatic rings. The molecule has 0 aromatic heterocycles. The summed E-state index contributed by atoms with van der Waals surface area (Å²) < 4.78 is 0.817. The van der Waals surface area contributed by atoms with Gasteiger partial charge >= 0.3 is 6.09 Å². The first-order valence-corrected chi connectivity index (χ1v) is 5.79. The van der Waals surface area contributed by atoms with Crippen molar-refractivity contribution in [3.8, 4) is 0 Å². The third-order valence-electron chi connectivity index (χ3n) is 2.26. The molecule has 1 amide bonds. The van der Waals surface area contributed by atoms with Gasteiger partial charge in [-0.05, 0) is 30.3 Å². The smallest absolute Gasteiger partial charge is 0.243 e. The highest BCUT2D eigenvalue weighted by atomic mass is 79.9. The molecule has 0 aliphatic carbocycles. The molecular formula is C13H9BrNO2. The van der Waals surface area contributed by atoms with Gasteiger partial charge < -0.3 is 0 Å². The number of anilines is 2. The highest BCUT2D eigenvalue weighted by Crippen LogP contribution is 2.27. The summed E-state index contributed by atoms with van der Waals surface area (Å²) in [5.41, 5.74) is 1.11. The van der Waals surface area contributed by atoms with E-state index >= 15 is 0 Å². The largest absolute Gasteiger partial charge is 0.462 e. The van der Waals surface area contributed by atoms with Crippen molar-refractivity contribution in [2.24, 2.45) is 0 Å². The first-order chi connectivity index (χ1) is 8.18. The molecule has 0 aliphatic rings. The molecule has 0 saturated heterocycles. The summed E-state index contributed by atoms with van der Waals surface area (Å²) in [5.74, 6) is 0. The van der Waals surface area contributed by atoms with Gasteiger partial charge in [0.1, 0.15) is 0 Å². The normalized spacial score (nSPS) is 9.94. The quantitative estimate of drug-likeness (QED) is 0.819. The van der Waals surface area contributed by atoms with E-state index < -0.39 is 6.09 Å². The van der Waals surface area contributed by atoms with Crippen molar-refractivity contribution in [2.45, 2.75) is 0 Å². The van der Waals surface area contributed by atoms with Gasteiger partial charge in [-0.15, -0.1) is 0 Å². The molecule has 1 radical (unpaired) electrons. The predicted octanol–water partition coefficient (Wildman–Crippen LogP) is 4.14. The van der Waals surface area contributed by atoms with Crippen LogP contribution in [0.1, 0.15) is 0 Å². The standard InChI is InChI=1S/C13H9BrNO2/c14-10-5-4-8-12(9-10)15(13(16)17)11-6-2-1-3-7-11/h1-9H. The van der Waals surface area contributed by atoms with Crippen LogP contribution in [0.3, 0.4) is 0 Å². The number of para-hydroxylation sites is 1. The first kappa shape index (κ1) is 11.7. The van der Waals surface area contributed by atoms with Crippen molar-refractivity contribution in [2.75, 3.05) is 4.90 Å². The zero-order valence-electron chi connectivity index (χ0n) is 8.84. The zero-order chi connectivity index (χ0) is 12.3. The van der Waals surface area contributed by atoms with Crippen LogP contribution < -0.4 is 4.90 Å². The molecule has 17 heavy (non-hydrogen) atoms. The molecule has 85 valence electrons. The Morgan fingerprint density at radius 3 is 2.18 bits per heavy atom. The van der Waals surface area contributed by atoms with Crippen LogP contribution in [0.5, 0.6) is 0 Å². The molecule has 0 spiro atoms. The average Bonchev–Trinajstić information content (AvgIpc) is 2.30. The Bertz CT molecular complexity index is 528. The molecule has 4 heteroatoms. The van der Waals surface area contributed by atoms with Gasteiger partial charge in [0.15, 0.2) is 0 Å². The fourth-order valence-electron chi connectivity index (χ4n) is 1.55. The van der Waals surface area contributed by atoms with Crippen molar-refractivity contribution in [3.63, 3.8) is 0 Å². The van der Waals surface area contributed by atoms with Crippen molar-refractivity contribution >= 4 is 33.4 Å². The number of amides is 1. The van der Waals surface area contributed by atoms with E-state index in [0.29, 0.717) is 11.4 Å². The van der Waals surface area contributed by atoms with Gasteiger partial charge in [0, 0.05) is 4.47 Å². The van der Waals surface area contributed by atoms with E-state index in [1.165, 1.54) is 0 Å². The van der Waals surface area contributed by atoms with Gasteiger partial charge in [-0.25, -0.2) is 14.8 Å². The molecule has 2 aromatic carbocycles. The minimum atomic E-state index is -1.26.